The lowest BCUT2D eigenvalue weighted by molar-refractivity contribution is 0.259. The van der Waals surface area contributed by atoms with E-state index in [1.807, 2.05) is 6.92 Å². The second kappa shape index (κ2) is 9.17. The number of halogens is 1. The summed E-state index contributed by atoms with van der Waals surface area (Å²) in [5, 5.41) is 7.00. The summed E-state index contributed by atoms with van der Waals surface area (Å²) in [6.45, 7) is 5.96. The fourth-order valence-electron chi connectivity index (χ4n) is 2.71. The maximum absolute atomic E-state index is 12.5. The van der Waals surface area contributed by atoms with Crippen LogP contribution in [-0.4, -0.2) is 68.0 Å². The highest BCUT2D eigenvalue weighted by Crippen LogP contribution is 2.28. The van der Waals surface area contributed by atoms with Crippen molar-refractivity contribution in [3.05, 3.63) is 18.0 Å². The van der Waals surface area contributed by atoms with Crippen LogP contribution in [0.3, 0.4) is 0 Å². The van der Waals surface area contributed by atoms with E-state index < -0.39 is 10.0 Å². The van der Waals surface area contributed by atoms with Crippen LogP contribution in [0.15, 0.2) is 21.8 Å². The third kappa shape index (κ3) is 5.81. The van der Waals surface area contributed by atoms with Gasteiger partial charge in [-0.2, -0.15) is 4.31 Å². The number of sulfonamides is 1. The molecule has 0 radical (unpaired) electrons. The zero-order chi connectivity index (χ0) is 17.0. The summed E-state index contributed by atoms with van der Waals surface area (Å²) in [6.07, 6.45) is 3.94. The minimum atomic E-state index is -3.36. The van der Waals surface area contributed by atoms with Crippen molar-refractivity contribution in [2.24, 2.45) is 10.9 Å². The Morgan fingerprint density at radius 2 is 2.08 bits per heavy atom. The van der Waals surface area contributed by atoms with Crippen molar-refractivity contribution in [1.29, 1.82) is 0 Å². The molecule has 1 saturated carbocycles. The number of nitrogens with zero attached hydrogens (tertiary/aromatic N) is 4. The van der Waals surface area contributed by atoms with Gasteiger partial charge in [-0.25, -0.2) is 8.42 Å². The molecule has 1 aromatic heterocycles. The first-order valence-electron chi connectivity index (χ1n) is 8.49. The first kappa shape index (κ1) is 20.4. The van der Waals surface area contributed by atoms with Gasteiger partial charge in [0.2, 0.25) is 10.0 Å². The van der Waals surface area contributed by atoms with E-state index in [0.29, 0.717) is 31.9 Å². The molecule has 1 saturated heterocycles. The van der Waals surface area contributed by atoms with E-state index in [4.69, 9.17) is 4.52 Å². The van der Waals surface area contributed by atoms with Gasteiger partial charge in [-0.15, -0.1) is 24.0 Å². The number of guanidine groups is 1. The molecule has 10 heteroatoms. The summed E-state index contributed by atoms with van der Waals surface area (Å²) in [4.78, 5) is 6.84. The Balaban J connectivity index is 0.00000225. The van der Waals surface area contributed by atoms with E-state index in [9.17, 15) is 8.42 Å². The Labute approximate surface area is 166 Å². The molecule has 0 unspecified atom stereocenters. The molecule has 2 aliphatic rings. The van der Waals surface area contributed by atoms with Crippen molar-refractivity contribution in [1.82, 2.24) is 19.7 Å². The minimum absolute atomic E-state index is 0. The second-order valence-electron chi connectivity index (χ2n) is 6.27. The Hall–Kier alpha value is -0.880. The summed E-state index contributed by atoms with van der Waals surface area (Å²) < 4.78 is 31.2. The van der Waals surface area contributed by atoms with Gasteiger partial charge in [0.05, 0.1) is 5.69 Å². The highest BCUT2D eigenvalue weighted by Gasteiger charge is 2.29. The van der Waals surface area contributed by atoms with E-state index in [1.54, 1.807) is 6.07 Å². The Morgan fingerprint density at radius 1 is 1.36 bits per heavy atom. The molecule has 3 rings (SSSR count). The molecule has 1 N–H and O–H groups in total. The SMILES string of the molecule is CCNC(=NCC1CC1)N1CCN(S(=O)(=O)Cc2ccon2)CC1.I. The smallest absolute Gasteiger partial charge is 0.220 e. The number of aliphatic imine (C=N–C) groups is 1. The predicted octanol–water partition coefficient (Wildman–Crippen LogP) is 1.12. The van der Waals surface area contributed by atoms with Crippen molar-refractivity contribution in [3.8, 4) is 0 Å². The van der Waals surface area contributed by atoms with Crippen LogP contribution in [0, 0.1) is 5.92 Å². The van der Waals surface area contributed by atoms with Gasteiger partial charge in [0, 0.05) is 45.3 Å². The summed E-state index contributed by atoms with van der Waals surface area (Å²) in [6, 6.07) is 1.58. The predicted molar refractivity (Wildman–Crippen MR) is 106 cm³/mol. The standard InChI is InChI=1S/C15H25N5O3S.HI/c1-2-16-15(17-11-13-3-4-13)19-6-8-20(9-7-19)24(21,22)12-14-5-10-23-18-14;/h5,10,13H,2-4,6-9,11-12H2,1H3,(H,16,17);1H. The van der Waals surface area contributed by atoms with Crippen molar-refractivity contribution < 1.29 is 12.9 Å². The zero-order valence-corrected chi connectivity index (χ0v) is 17.6. The molecule has 0 aromatic carbocycles. The van der Waals surface area contributed by atoms with Gasteiger partial charge in [0.1, 0.15) is 12.0 Å². The molecule has 2 fully saturated rings. The van der Waals surface area contributed by atoms with Crippen LogP contribution < -0.4 is 5.32 Å². The monoisotopic (exact) mass is 483 g/mol. The lowest BCUT2D eigenvalue weighted by Crippen LogP contribution is -2.54. The van der Waals surface area contributed by atoms with Crippen molar-refractivity contribution in [3.63, 3.8) is 0 Å². The summed E-state index contributed by atoms with van der Waals surface area (Å²) in [5.41, 5.74) is 0.441. The fourth-order valence-corrected chi connectivity index (χ4v) is 4.13. The van der Waals surface area contributed by atoms with Gasteiger partial charge in [-0.05, 0) is 25.7 Å². The van der Waals surface area contributed by atoms with Crippen LogP contribution in [0.25, 0.3) is 0 Å². The van der Waals surface area contributed by atoms with E-state index in [1.165, 1.54) is 23.4 Å². The lowest BCUT2D eigenvalue weighted by Gasteiger charge is -2.35. The Morgan fingerprint density at radius 3 is 2.64 bits per heavy atom. The molecule has 0 atom stereocenters. The molecule has 2 heterocycles. The van der Waals surface area contributed by atoms with Crippen LogP contribution in [0.1, 0.15) is 25.5 Å². The number of aromatic nitrogens is 1. The summed E-state index contributed by atoms with van der Waals surface area (Å²) in [7, 11) is -3.36. The molecule has 8 nitrogen and oxygen atoms in total. The van der Waals surface area contributed by atoms with E-state index in [2.05, 4.69) is 20.4 Å². The van der Waals surface area contributed by atoms with E-state index >= 15 is 0 Å². The van der Waals surface area contributed by atoms with Crippen molar-refractivity contribution >= 4 is 40.0 Å². The highest BCUT2D eigenvalue weighted by atomic mass is 127. The van der Waals surface area contributed by atoms with Gasteiger partial charge >= 0.3 is 0 Å². The molecule has 0 bridgehead atoms. The minimum Gasteiger partial charge on any atom is -0.364 e. The van der Waals surface area contributed by atoms with Crippen molar-refractivity contribution in [2.75, 3.05) is 39.3 Å². The molecule has 25 heavy (non-hydrogen) atoms. The average Bonchev–Trinajstić information content (AvgIpc) is 3.27. The van der Waals surface area contributed by atoms with Gasteiger partial charge in [-0.3, -0.25) is 4.99 Å². The molecule has 1 aliphatic carbocycles. The topological polar surface area (TPSA) is 91.0 Å². The number of hydrogen-bond acceptors (Lipinski definition) is 5. The first-order chi connectivity index (χ1) is 11.6. The van der Waals surface area contributed by atoms with Crippen LogP contribution in [0.2, 0.25) is 0 Å². The number of hydrogen-bond donors (Lipinski definition) is 1. The van der Waals surface area contributed by atoms with Crippen LogP contribution in [0.4, 0.5) is 0 Å². The maximum atomic E-state index is 12.5. The first-order valence-corrected chi connectivity index (χ1v) is 10.1. The molecule has 0 amide bonds. The molecule has 142 valence electrons. The Bertz CT molecular complexity index is 653. The third-order valence-electron chi connectivity index (χ3n) is 4.28. The van der Waals surface area contributed by atoms with Crippen molar-refractivity contribution in [2.45, 2.75) is 25.5 Å². The summed E-state index contributed by atoms with van der Waals surface area (Å²) >= 11 is 0. The van der Waals surface area contributed by atoms with Gasteiger partial charge in [-0.1, -0.05) is 5.16 Å². The number of rotatable bonds is 6. The zero-order valence-electron chi connectivity index (χ0n) is 14.4. The maximum Gasteiger partial charge on any atom is 0.220 e. The molecule has 1 aliphatic heterocycles. The normalized spacial score (nSPS) is 19.6. The van der Waals surface area contributed by atoms with Gasteiger partial charge in [0.25, 0.3) is 0 Å². The largest absolute Gasteiger partial charge is 0.364 e. The lowest BCUT2D eigenvalue weighted by atomic mass is 10.4. The third-order valence-corrected chi connectivity index (χ3v) is 6.10. The Kier molecular flexibility index (Phi) is 7.50. The van der Waals surface area contributed by atoms with Crippen LogP contribution >= 0.6 is 24.0 Å². The molecule has 1 aromatic rings. The highest BCUT2D eigenvalue weighted by molar-refractivity contribution is 14.0. The quantitative estimate of drug-likeness (QED) is 0.371. The van der Waals surface area contributed by atoms with E-state index in [0.717, 1.165) is 25.0 Å². The fraction of sp³-hybridized carbons (Fsp3) is 0.733. The number of nitrogens with one attached hydrogen (secondary N) is 1. The number of piperazine rings is 1. The van der Waals surface area contributed by atoms with Crippen LogP contribution in [-0.2, 0) is 15.8 Å². The second-order valence-corrected chi connectivity index (χ2v) is 8.24. The van der Waals surface area contributed by atoms with Gasteiger partial charge < -0.3 is 14.7 Å². The summed E-state index contributed by atoms with van der Waals surface area (Å²) in [5.74, 6) is 1.53. The molecular weight excluding hydrogens is 457 g/mol. The molecule has 0 spiro atoms. The van der Waals surface area contributed by atoms with Gasteiger partial charge in [0.15, 0.2) is 5.96 Å². The van der Waals surface area contributed by atoms with E-state index in [-0.39, 0.29) is 29.7 Å². The molecular formula is C15H26IN5O3S. The van der Waals surface area contributed by atoms with Crippen LogP contribution in [0.5, 0.6) is 0 Å². The average molecular weight is 483 g/mol.